The van der Waals surface area contributed by atoms with Gasteiger partial charge in [0.1, 0.15) is 23.9 Å². The number of hydrogen-bond acceptors (Lipinski definition) is 8. The van der Waals surface area contributed by atoms with Gasteiger partial charge >= 0.3 is 6.09 Å². The van der Waals surface area contributed by atoms with E-state index in [1.54, 1.807) is 13.4 Å². The van der Waals surface area contributed by atoms with E-state index in [2.05, 4.69) is 32.8 Å². The van der Waals surface area contributed by atoms with Crippen molar-refractivity contribution in [1.82, 2.24) is 19.9 Å². The van der Waals surface area contributed by atoms with Crippen LogP contribution in [0.15, 0.2) is 24.7 Å². The Morgan fingerprint density at radius 1 is 1.23 bits per heavy atom. The molecule has 3 aliphatic rings. The topological polar surface area (TPSA) is 89.9 Å². The molecule has 9 heteroatoms. The minimum Gasteiger partial charge on any atom is -0.473 e. The average Bonchev–Trinajstić information content (AvgIpc) is 3.25. The number of ether oxygens (including phenoxy) is 3. The van der Waals surface area contributed by atoms with Crippen LogP contribution in [-0.2, 0) is 15.9 Å². The molecule has 2 aliphatic heterocycles. The quantitative estimate of drug-likeness (QED) is 0.613. The average molecular weight is 482 g/mol. The van der Waals surface area contributed by atoms with Gasteiger partial charge in [-0.3, -0.25) is 4.98 Å². The molecule has 188 valence electrons. The molecule has 3 atom stereocenters. The number of nitrogens with zero attached hydrogens (tertiary/aromatic N) is 5. The molecule has 0 bridgehead atoms. The molecule has 9 nitrogen and oxygen atoms in total. The van der Waals surface area contributed by atoms with Crippen molar-refractivity contribution in [2.75, 3.05) is 38.3 Å². The fourth-order valence-electron chi connectivity index (χ4n) is 5.52. The smallest absolute Gasteiger partial charge is 0.410 e. The maximum absolute atomic E-state index is 12.9. The molecule has 0 spiro atoms. The Bertz CT molecular complexity index is 1080. The van der Waals surface area contributed by atoms with Gasteiger partial charge < -0.3 is 24.0 Å². The Hall–Kier alpha value is -2.94. The molecule has 1 saturated heterocycles. The second-order valence-electron chi connectivity index (χ2n) is 10.3. The molecule has 1 aliphatic carbocycles. The van der Waals surface area contributed by atoms with Crippen molar-refractivity contribution in [2.45, 2.75) is 58.2 Å². The van der Waals surface area contributed by atoms with E-state index in [1.165, 1.54) is 0 Å². The second-order valence-corrected chi connectivity index (χ2v) is 10.3. The number of likely N-dealkylation sites (tertiary alicyclic amines) is 1. The van der Waals surface area contributed by atoms with E-state index in [9.17, 15) is 4.79 Å². The molecule has 0 aromatic carbocycles. The van der Waals surface area contributed by atoms with Crippen molar-refractivity contribution in [2.24, 2.45) is 11.8 Å². The van der Waals surface area contributed by atoms with Gasteiger partial charge in [0.05, 0.1) is 23.6 Å². The number of fused-ring (bicyclic) bond motifs is 1. The van der Waals surface area contributed by atoms with Gasteiger partial charge in [-0.15, -0.1) is 0 Å². The third-order valence-electron chi connectivity index (χ3n) is 7.62. The summed E-state index contributed by atoms with van der Waals surface area (Å²) in [6.07, 6.45) is 6.87. The summed E-state index contributed by atoms with van der Waals surface area (Å²) in [5, 5.41) is 0. The normalized spacial score (nSPS) is 25.1. The van der Waals surface area contributed by atoms with Gasteiger partial charge in [0.25, 0.3) is 0 Å². The zero-order valence-electron chi connectivity index (χ0n) is 21.1. The van der Waals surface area contributed by atoms with Crippen molar-refractivity contribution in [1.29, 1.82) is 0 Å². The second kappa shape index (κ2) is 9.60. The third kappa shape index (κ3) is 4.66. The zero-order chi connectivity index (χ0) is 24.6. The lowest BCUT2D eigenvalue weighted by Crippen LogP contribution is -2.55. The summed E-state index contributed by atoms with van der Waals surface area (Å²) in [5.41, 5.74) is 2.74. The van der Waals surface area contributed by atoms with Gasteiger partial charge in [0.15, 0.2) is 0 Å². The fraction of sp³-hybridized carbons (Fsp3) is 0.615. The van der Waals surface area contributed by atoms with Crippen LogP contribution < -0.4 is 9.64 Å². The van der Waals surface area contributed by atoms with Crippen LogP contribution in [0.2, 0.25) is 0 Å². The van der Waals surface area contributed by atoms with Gasteiger partial charge in [0, 0.05) is 51.2 Å². The van der Waals surface area contributed by atoms with Crippen molar-refractivity contribution in [3.05, 3.63) is 35.9 Å². The number of piperidine rings is 1. The Labute approximate surface area is 206 Å². The molecule has 0 N–H and O–H groups in total. The number of carbonyl (C=O) groups is 1. The summed E-state index contributed by atoms with van der Waals surface area (Å²) in [6, 6.07) is 4.03. The number of hydrogen-bond donors (Lipinski definition) is 0. The van der Waals surface area contributed by atoms with Crippen molar-refractivity contribution in [3.63, 3.8) is 0 Å². The number of rotatable bonds is 6. The van der Waals surface area contributed by atoms with Gasteiger partial charge in [-0.2, -0.15) is 0 Å². The van der Waals surface area contributed by atoms with E-state index < -0.39 is 0 Å². The maximum Gasteiger partial charge on any atom is 0.410 e. The Morgan fingerprint density at radius 3 is 2.80 bits per heavy atom. The van der Waals surface area contributed by atoms with E-state index in [4.69, 9.17) is 14.2 Å². The van der Waals surface area contributed by atoms with E-state index in [0.717, 1.165) is 55.0 Å². The maximum atomic E-state index is 12.9. The molecule has 0 radical (unpaired) electrons. The lowest BCUT2D eigenvalue weighted by atomic mass is 9.82. The first-order chi connectivity index (χ1) is 16.9. The highest BCUT2D eigenvalue weighted by Crippen LogP contribution is 2.38. The highest BCUT2D eigenvalue weighted by molar-refractivity contribution is 5.69. The number of pyridine rings is 1. The number of carbonyl (C=O) groups excluding carboxylic acids is 1. The van der Waals surface area contributed by atoms with Crippen LogP contribution in [0, 0.1) is 18.8 Å². The predicted octanol–water partition coefficient (Wildman–Crippen LogP) is 3.92. The van der Waals surface area contributed by atoms with Crippen LogP contribution in [0.1, 0.15) is 44.4 Å². The molecule has 2 fully saturated rings. The Morgan fingerprint density at radius 2 is 2.06 bits per heavy atom. The molecule has 2 aromatic heterocycles. The highest BCUT2D eigenvalue weighted by Gasteiger charge is 2.42. The van der Waals surface area contributed by atoms with Crippen LogP contribution >= 0.6 is 0 Å². The molecule has 1 saturated carbocycles. The van der Waals surface area contributed by atoms with Crippen LogP contribution in [0.4, 0.5) is 16.3 Å². The lowest BCUT2D eigenvalue weighted by Gasteiger charge is -2.44. The van der Waals surface area contributed by atoms with E-state index in [1.807, 2.05) is 31.0 Å². The summed E-state index contributed by atoms with van der Waals surface area (Å²) in [6.45, 7) is 8.54. The standard InChI is InChI=1S/C26H35N5O4/c1-17-13-30(25(32)35-26(3)9-6-10-26)14-19(15-33-4)22(17)34-24-18(2)23(28-16-29-24)31-12-8-20-21(31)7-5-11-27-20/h5,7,11,16-17,19,22H,6,8-10,12-15H2,1-4H3. The zero-order valence-corrected chi connectivity index (χ0v) is 21.1. The SMILES string of the molecule is COCC1CN(C(=O)OC2(C)CCC2)CC(C)C1Oc1ncnc(N2CCc3ncccc32)c1C. The Balaban J connectivity index is 1.33. The molecule has 4 heterocycles. The first kappa shape index (κ1) is 23.8. The highest BCUT2D eigenvalue weighted by atomic mass is 16.6. The number of amides is 1. The molecule has 5 rings (SSSR count). The van der Waals surface area contributed by atoms with Gasteiger partial charge in [-0.25, -0.2) is 14.8 Å². The molecule has 1 amide bonds. The first-order valence-electron chi connectivity index (χ1n) is 12.5. The van der Waals surface area contributed by atoms with E-state index in [-0.39, 0.29) is 29.6 Å². The third-order valence-corrected chi connectivity index (χ3v) is 7.62. The largest absolute Gasteiger partial charge is 0.473 e. The molecule has 3 unspecified atom stereocenters. The number of aromatic nitrogens is 3. The number of methoxy groups -OCH3 is 1. The molecule has 35 heavy (non-hydrogen) atoms. The molecular weight excluding hydrogens is 446 g/mol. The van der Waals surface area contributed by atoms with Crippen molar-refractivity contribution in [3.8, 4) is 5.88 Å². The Kier molecular flexibility index (Phi) is 6.53. The van der Waals surface area contributed by atoms with Crippen molar-refractivity contribution >= 4 is 17.6 Å². The molecular formula is C26H35N5O4. The van der Waals surface area contributed by atoms with Gasteiger partial charge in [0.2, 0.25) is 5.88 Å². The summed E-state index contributed by atoms with van der Waals surface area (Å²) >= 11 is 0. The summed E-state index contributed by atoms with van der Waals surface area (Å²) < 4.78 is 17.9. The van der Waals surface area contributed by atoms with Crippen LogP contribution in [0.25, 0.3) is 0 Å². The summed E-state index contributed by atoms with van der Waals surface area (Å²) in [7, 11) is 1.68. The predicted molar refractivity (Wildman–Crippen MR) is 131 cm³/mol. The fourth-order valence-corrected chi connectivity index (χ4v) is 5.52. The van der Waals surface area contributed by atoms with Crippen LogP contribution in [0.5, 0.6) is 5.88 Å². The van der Waals surface area contributed by atoms with Crippen LogP contribution in [0.3, 0.4) is 0 Å². The monoisotopic (exact) mass is 481 g/mol. The summed E-state index contributed by atoms with van der Waals surface area (Å²) in [4.78, 5) is 30.5. The van der Waals surface area contributed by atoms with Crippen molar-refractivity contribution < 1.29 is 19.0 Å². The number of anilines is 2. The molecule has 2 aromatic rings. The van der Waals surface area contributed by atoms with Gasteiger partial charge in [-0.1, -0.05) is 6.92 Å². The van der Waals surface area contributed by atoms with Crippen LogP contribution in [-0.4, -0.2) is 71.0 Å². The minimum atomic E-state index is -0.317. The lowest BCUT2D eigenvalue weighted by molar-refractivity contribution is -0.0707. The van der Waals surface area contributed by atoms with Gasteiger partial charge in [-0.05, 0) is 45.2 Å². The summed E-state index contributed by atoms with van der Waals surface area (Å²) in [5.74, 6) is 1.50. The first-order valence-corrected chi connectivity index (χ1v) is 12.5. The minimum absolute atomic E-state index is 0.0000228. The van der Waals surface area contributed by atoms with E-state index in [0.29, 0.717) is 25.6 Å². The van der Waals surface area contributed by atoms with E-state index >= 15 is 0 Å².